The minimum absolute atomic E-state index is 0.0213. The van der Waals surface area contributed by atoms with E-state index in [4.69, 9.17) is 9.47 Å². The Balaban J connectivity index is 1.41. The number of ether oxygens (including phenoxy) is 2. The van der Waals surface area contributed by atoms with Gasteiger partial charge in [0.2, 0.25) is 0 Å². The zero-order chi connectivity index (χ0) is 27.4. The van der Waals surface area contributed by atoms with E-state index in [1.165, 1.54) is 34.8 Å². The molecule has 3 aromatic rings. The highest BCUT2D eigenvalue weighted by Gasteiger charge is 2.55. The number of aromatic nitrogens is 6. The number of aliphatic hydroxyl groups is 2. The number of hydrogen-bond donors (Lipinski definition) is 2. The van der Waals surface area contributed by atoms with Crippen molar-refractivity contribution in [3.8, 4) is 11.3 Å². The monoisotopic (exact) mass is 604 g/mol. The molecule has 10 nitrogen and oxygen atoms in total. The Bertz CT molecular complexity index is 1310. The average Bonchev–Trinajstić information content (AvgIpc) is 3.52. The van der Waals surface area contributed by atoms with Crippen molar-refractivity contribution in [3.05, 3.63) is 46.3 Å². The molecule has 1 saturated carbocycles. The van der Waals surface area contributed by atoms with Gasteiger partial charge >= 0.3 is 0 Å². The second-order valence-electron chi connectivity index (χ2n) is 9.95. The Morgan fingerprint density at radius 1 is 1.13 bits per heavy atom. The van der Waals surface area contributed by atoms with Crippen LogP contribution in [0.3, 0.4) is 0 Å². The second-order valence-corrected chi connectivity index (χ2v) is 10.8. The van der Waals surface area contributed by atoms with Crippen LogP contribution in [-0.2, 0) is 21.4 Å². The summed E-state index contributed by atoms with van der Waals surface area (Å²) in [6, 6.07) is 1.74. The molecule has 0 spiro atoms. The predicted molar refractivity (Wildman–Crippen MR) is 126 cm³/mol. The molecular formula is C23H25BrF4N6O4. The molecule has 2 N–H and O–H groups in total. The van der Waals surface area contributed by atoms with Gasteiger partial charge in [-0.15, -0.1) is 10.2 Å². The van der Waals surface area contributed by atoms with Crippen molar-refractivity contribution in [2.75, 3.05) is 13.7 Å². The average molecular weight is 605 g/mol. The highest BCUT2D eigenvalue weighted by molar-refractivity contribution is 9.10. The second kappa shape index (κ2) is 9.93. The molecule has 5 atom stereocenters. The molecule has 38 heavy (non-hydrogen) atoms. The molecule has 2 fully saturated rings. The molecule has 1 aliphatic heterocycles. The maximum atomic E-state index is 14.5. The molecule has 5 rings (SSSR count). The Morgan fingerprint density at radius 2 is 1.87 bits per heavy atom. The Kier molecular flexibility index (Phi) is 7.09. The van der Waals surface area contributed by atoms with E-state index in [2.05, 4.69) is 36.6 Å². The third-order valence-electron chi connectivity index (χ3n) is 7.15. The van der Waals surface area contributed by atoms with E-state index >= 15 is 0 Å². The van der Waals surface area contributed by atoms with E-state index in [-0.39, 0.29) is 35.0 Å². The van der Waals surface area contributed by atoms with Crippen molar-refractivity contribution in [2.45, 2.75) is 68.1 Å². The van der Waals surface area contributed by atoms with Gasteiger partial charge in [0.25, 0.3) is 5.92 Å². The lowest BCUT2D eigenvalue weighted by atomic mass is 9.75. The number of methoxy groups -OCH3 is 1. The van der Waals surface area contributed by atoms with E-state index in [1.807, 2.05) is 0 Å². The lowest BCUT2D eigenvalue weighted by molar-refractivity contribution is -0.212. The Morgan fingerprint density at radius 3 is 2.53 bits per heavy atom. The van der Waals surface area contributed by atoms with Crippen LogP contribution in [0.5, 0.6) is 0 Å². The van der Waals surface area contributed by atoms with Crippen LogP contribution >= 0.6 is 15.9 Å². The SMILES string of the molecule is CO[C@@H]1[C@@H](n2cc(-c3ccc(Br)c(F)c3F)nn2)[C@@H](O)[C@@H](CO)O[C@@H]1Cc1cn(C2(C)CC(F)(F)C2)nn1. The number of nitrogens with zero attached hydrogens (tertiary/aromatic N) is 6. The van der Waals surface area contributed by atoms with E-state index < -0.39 is 60.2 Å². The van der Waals surface area contributed by atoms with Crippen LogP contribution in [0, 0.1) is 11.6 Å². The molecule has 3 heterocycles. The summed E-state index contributed by atoms with van der Waals surface area (Å²) in [5, 5.41) is 37.0. The molecule has 0 unspecified atom stereocenters. The van der Waals surface area contributed by atoms with Gasteiger partial charge in [-0.25, -0.2) is 26.9 Å². The van der Waals surface area contributed by atoms with Gasteiger partial charge in [-0.2, -0.15) is 0 Å². The van der Waals surface area contributed by atoms with E-state index in [0.29, 0.717) is 5.69 Å². The van der Waals surface area contributed by atoms with Gasteiger partial charge in [-0.05, 0) is 35.0 Å². The molecule has 206 valence electrons. The maximum absolute atomic E-state index is 14.5. The van der Waals surface area contributed by atoms with Crippen molar-refractivity contribution in [2.24, 2.45) is 0 Å². The van der Waals surface area contributed by atoms with Crippen LogP contribution in [0.1, 0.15) is 31.5 Å². The van der Waals surface area contributed by atoms with E-state index in [1.54, 1.807) is 13.1 Å². The van der Waals surface area contributed by atoms with Gasteiger partial charge in [0.1, 0.15) is 30.0 Å². The highest BCUT2D eigenvalue weighted by atomic mass is 79.9. The lowest BCUT2D eigenvalue weighted by Gasteiger charge is -2.44. The lowest BCUT2D eigenvalue weighted by Crippen LogP contribution is -2.57. The molecule has 2 aliphatic rings. The number of aliphatic hydroxyl groups excluding tert-OH is 2. The minimum atomic E-state index is -2.74. The predicted octanol–water partition coefficient (Wildman–Crippen LogP) is 2.64. The van der Waals surface area contributed by atoms with Gasteiger partial charge < -0.3 is 19.7 Å². The number of rotatable bonds is 7. The number of halogens is 5. The third kappa shape index (κ3) is 4.74. The van der Waals surface area contributed by atoms with Crippen LogP contribution in [0.4, 0.5) is 17.6 Å². The quantitative estimate of drug-likeness (QED) is 0.312. The summed E-state index contributed by atoms with van der Waals surface area (Å²) in [4.78, 5) is 0. The summed E-state index contributed by atoms with van der Waals surface area (Å²) in [5.41, 5.74) is -0.525. The van der Waals surface area contributed by atoms with Crippen LogP contribution in [-0.4, -0.2) is 84.3 Å². The van der Waals surface area contributed by atoms with Crippen LogP contribution < -0.4 is 0 Å². The van der Waals surface area contributed by atoms with Crippen molar-refractivity contribution in [3.63, 3.8) is 0 Å². The first-order valence-electron chi connectivity index (χ1n) is 11.8. The zero-order valence-electron chi connectivity index (χ0n) is 20.3. The Labute approximate surface area is 222 Å². The maximum Gasteiger partial charge on any atom is 0.252 e. The summed E-state index contributed by atoms with van der Waals surface area (Å²) in [7, 11) is 1.40. The topological polar surface area (TPSA) is 120 Å². The first kappa shape index (κ1) is 27.1. The van der Waals surface area contributed by atoms with Gasteiger partial charge in [-0.1, -0.05) is 10.4 Å². The molecule has 0 bridgehead atoms. The summed E-state index contributed by atoms with van der Waals surface area (Å²) in [6.45, 7) is 1.15. The summed E-state index contributed by atoms with van der Waals surface area (Å²) >= 11 is 2.93. The fraction of sp³-hybridized carbons (Fsp3) is 0.565. The van der Waals surface area contributed by atoms with Gasteiger partial charge in [0, 0.05) is 38.1 Å². The third-order valence-corrected chi connectivity index (χ3v) is 7.76. The minimum Gasteiger partial charge on any atom is -0.394 e. The molecule has 2 aromatic heterocycles. The molecule has 1 saturated heterocycles. The van der Waals surface area contributed by atoms with Gasteiger partial charge in [0.05, 0.1) is 34.6 Å². The first-order valence-corrected chi connectivity index (χ1v) is 12.6. The smallest absolute Gasteiger partial charge is 0.252 e. The van der Waals surface area contributed by atoms with Crippen LogP contribution in [0.25, 0.3) is 11.3 Å². The molecule has 1 aliphatic carbocycles. The standard InChI is InChI=1S/C23H25BrF4N6O4/c1-22(9-23(27,28)10-22)34-6-11(29-32-34)5-15-21(37-2)19(20(36)16(8-35)38-15)33-7-14(30-31-33)12-3-4-13(24)18(26)17(12)25/h3-4,6-7,15-16,19-21,35-36H,5,8-10H2,1-2H3/t15-,16-,19+,20+,21+/m1/s1. The summed E-state index contributed by atoms with van der Waals surface area (Å²) in [5.74, 6) is -4.94. The fourth-order valence-corrected chi connectivity index (χ4v) is 5.59. The van der Waals surface area contributed by atoms with Crippen molar-refractivity contribution < 1.29 is 37.2 Å². The molecule has 0 amide bonds. The Hall–Kier alpha value is -2.46. The normalized spacial score (nSPS) is 28.3. The van der Waals surface area contributed by atoms with E-state index in [9.17, 15) is 27.8 Å². The van der Waals surface area contributed by atoms with Crippen molar-refractivity contribution >= 4 is 15.9 Å². The fourth-order valence-electron chi connectivity index (χ4n) is 5.29. The largest absolute Gasteiger partial charge is 0.394 e. The van der Waals surface area contributed by atoms with Crippen LogP contribution in [0.2, 0.25) is 0 Å². The van der Waals surface area contributed by atoms with Crippen molar-refractivity contribution in [1.29, 1.82) is 0 Å². The number of benzene rings is 1. The van der Waals surface area contributed by atoms with Crippen molar-refractivity contribution in [1.82, 2.24) is 30.0 Å². The van der Waals surface area contributed by atoms with E-state index in [0.717, 1.165) is 0 Å². The van der Waals surface area contributed by atoms with Crippen LogP contribution in [0.15, 0.2) is 29.0 Å². The molecule has 1 aromatic carbocycles. The summed E-state index contributed by atoms with van der Waals surface area (Å²) < 4.78 is 69.8. The van der Waals surface area contributed by atoms with Gasteiger partial charge in [0.15, 0.2) is 11.6 Å². The zero-order valence-corrected chi connectivity index (χ0v) is 21.9. The summed E-state index contributed by atoms with van der Waals surface area (Å²) in [6.07, 6.45) is -1.60. The highest BCUT2D eigenvalue weighted by Crippen LogP contribution is 2.49. The first-order chi connectivity index (χ1) is 18.0. The number of alkyl halides is 2. The van der Waals surface area contributed by atoms with Gasteiger partial charge in [-0.3, -0.25) is 0 Å². The molecule has 0 radical (unpaired) electrons. The number of hydrogen-bond acceptors (Lipinski definition) is 8. The molecular weight excluding hydrogens is 580 g/mol. The molecule has 15 heteroatoms.